The van der Waals surface area contributed by atoms with Gasteiger partial charge in [0, 0.05) is 5.69 Å². The highest BCUT2D eigenvalue weighted by Gasteiger charge is 2.12. The Hall–Kier alpha value is -3.41. The first-order valence-electron chi connectivity index (χ1n) is 8.33. The lowest BCUT2D eigenvalue weighted by Crippen LogP contribution is -2.00. The maximum Gasteiger partial charge on any atom is 0.168 e. The predicted octanol–water partition coefficient (Wildman–Crippen LogP) is 4.18. The molecule has 6 nitrogen and oxygen atoms in total. The summed E-state index contributed by atoms with van der Waals surface area (Å²) in [7, 11) is 1.65. The van der Waals surface area contributed by atoms with Crippen LogP contribution in [0.4, 0.5) is 11.5 Å². The molecule has 0 saturated carbocycles. The molecule has 0 amide bonds. The Balaban J connectivity index is 1.76. The summed E-state index contributed by atoms with van der Waals surface area (Å²) >= 11 is 0. The zero-order chi connectivity index (χ0) is 18.1. The van der Waals surface area contributed by atoms with Crippen molar-refractivity contribution in [1.29, 1.82) is 0 Å². The molecule has 2 aromatic carbocycles. The summed E-state index contributed by atoms with van der Waals surface area (Å²) in [5, 5.41) is 8.78. The average molecular weight is 345 g/mol. The van der Waals surface area contributed by atoms with Crippen molar-refractivity contribution in [2.24, 2.45) is 0 Å². The van der Waals surface area contributed by atoms with Crippen molar-refractivity contribution in [3.8, 4) is 11.4 Å². The Morgan fingerprint density at radius 2 is 1.81 bits per heavy atom. The van der Waals surface area contributed by atoms with Crippen molar-refractivity contribution < 1.29 is 4.74 Å². The molecule has 4 rings (SSSR count). The van der Waals surface area contributed by atoms with E-state index in [4.69, 9.17) is 4.74 Å². The fourth-order valence-electron chi connectivity index (χ4n) is 2.85. The highest BCUT2D eigenvalue weighted by Crippen LogP contribution is 2.27. The predicted molar refractivity (Wildman–Crippen MR) is 102 cm³/mol. The fourth-order valence-corrected chi connectivity index (χ4v) is 2.85. The summed E-state index contributed by atoms with van der Waals surface area (Å²) in [5.41, 5.74) is 5.04. The summed E-state index contributed by atoms with van der Waals surface area (Å²) in [6.45, 7) is 4.14. The second-order valence-electron chi connectivity index (χ2n) is 6.16. The minimum Gasteiger partial charge on any atom is -0.497 e. The van der Waals surface area contributed by atoms with Gasteiger partial charge in [-0.3, -0.25) is 0 Å². The van der Waals surface area contributed by atoms with Crippen molar-refractivity contribution in [1.82, 2.24) is 19.7 Å². The van der Waals surface area contributed by atoms with E-state index in [-0.39, 0.29) is 0 Å². The van der Waals surface area contributed by atoms with Gasteiger partial charge in [-0.2, -0.15) is 5.10 Å². The summed E-state index contributed by atoms with van der Waals surface area (Å²) in [4.78, 5) is 8.83. The van der Waals surface area contributed by atoms with Gasteiger partial charge < -0.3 is 10.1 Å². The minimum atomic E-state index is 0.739. The van der Waals surface area contributed by atoms with Gasteiger partial charge in [-0.25, -0.2) is 14.6 Å². The average Bonchev–Trinajstić information content (AvgIpc) is 3.10. The quantitative estimate of drug-likeness (QED) is 0.601. The lowest BCUT2D eigenvalue weighted by Gasteiger charge is -2.10. The maximum atomic E-state index is 5.22. The Bertz CT molecular complexity index is 1070. The first-order valence-corrected chi connectivity index (χ1v) is 8.33. The largest absolute Gasteiger partial charge is 0.497 e. The van der Waals surface area contributed by atoms with Crippen LogP contribution in [0.2, 0.25) is 0 Å². The van der Waals surface area contributed by atoms with Crippen molar-refractivity contribution in [2.45, 2.75) is 13.8 Å². The van der Waals surface area contributed by atoms with Gasteiger partial charge in [0.25, 0.3) is 0 Å². The third-order valence-electron chi connectivity index (χ3n) is 4.33. The lowest BCUT2D eigenvalue weighted by atomic mass is 10.1. The number of methoxy groups -OCH3 is 1. The third kappa shape index (κ3) is 2.86. The molecule has 4 aromatic rings. The summed E-state index contributed by atoms with van der Waals surface area (Å²) in [5.74, 6) is 1.54. The summed E-state index contributed by atoms with van der Waals surface area (Å²) < 4.78 is 7.01. The molecule has 0 aliphatic carbocycles. The molecule has 0 aliphatic heterocycles. The number of aromatic nitrogens is 4. The molecule has 0 saturated heterocycles. The van der Waals surface area contributed by atoms with Crippen molar-refractivity contribution in [3.05, 3.63) is 66.1 Å². The fraction of sp³-hybridized carbons (Fsp3) is 0.150. The van der Waals surface area contributed by atoms with E-state index >= 15 is 0 Å². The zero-order valence-corrected chi connectivity index (χ0v) is 14.9. The molecule has 2 heterocycles. The normalized spacial score (nSPS) is 10.9. The first-order chi connectivity index (χ1) is 12.7. The Kier molecular flexibility index (Phi) is 4.01. The van der Waals surface area contributed by atoms with E-state index in [0.29, 0.717) is 0 Å². The van der Waals surface area contributed by atoms with Crippen molar-refractivity contribution in [3.63, 3.8) is 0 Å². The molecule has 26 heavy (non-hydrogen) atoms. The number of benzene rings is 2. The van der Waals surface area contributed by atoms with Crippen LogP contribution in [0.25, 0.3) is 16.7 Å². The number of nitrogens with zero attached hydrogens (tertiary/aromatic N) is 4. The molecule has 130 valence electrons. The Labute approximate surface area is 151 Å². The number of hydrogen-bond acceptors (Lipinski definition) is 5. The topological polar surface area (TPSA) is 64.9 Å². The van der Waals surface area contributed by atoms with E-state index in [9.17, 15) is 0 Å². The van der Waals surface area contributed by atoms with E-state index in [1.807, 2.05) is 24.3 Å². The molecular formula is C20H19N5O. The molecule has 0 radical (unpaired) electrons. The summed E-state index contributed by atoms with van der Waals surface area (Å²) in [6, 6.07) is 14.0. The summed E-state index contributed by atoms with van der Waals surface area (Å²) in [6.07, 6.45) is 3.34. The molecule has 0 unspecified atom stereocenters. The molecule has 6 heteroatoms. The monoisotopic (exact) mass is 345 g/mol. The first kappa shape index (κ1) is 16.1. The van der Waals surface area contributed by atoms with Crippen LogP contribution < -0.4 is 10.1 Å². The lowest BCUT2D eigenvalue weighted by molar-refractivity contribution is 0.414. The number of ether oxygens (including phenoxy) is 1. The SMILES string of the molecule is COc1ccc(-n2ncc3c(Nc4cc(C)ccc4C)ncnc32)cc1. The molecule has 0 spiro atoms. The van der Waals surface area contributed by atoms with E-state index in [0.717, 1.165) is 39.5 Å². The minimum absolute atomic E-state index is 0.739. The number of nitrogens with one attached hydrogen (secondary N) is 1. The van der Waals surface area contributed by atoms with E-state index in [2.05, 4.69) is 52.4 Å². The van der Waals surface area contributed by atoms with Crippen LogP contribution >= 0.6 is 0 Å². The smallest absolute Gasteiger partial charge is 0.168 e. The maximum absolute atomic E-state index is 5.22. The van der Waals surface area contributed by atoms with Crippen LogP contribution in [0.3, 0.4) is 0 Å². The van der Waals surface area contributed by atoms with E-state index < -0.39 is 0 Å². The van der Waals surface area contributed by atoms with Gasteiger partial charge in [0.15, 0.2) is 5.65 Å². The molecular weight excluding hydrogens is 326 g/mol. The van der Waals surface area contributed by atoms with Gasteiger partial charge in [-0.1, -0.05) is 12.1 Å². The molecule has 0 bridgehead atoms. The molecule has 0 aliphatic rings. The number of fused-ring (bicyclic) bond motifs is 1. The number of rotatable bonds is 4. The second kappa shape index (κ2) is 6.48. The van der Waals surface area contributed by atoms with Crippen molar-refractivity contribution >= 4 is 22.5 Å². The van der Waals surface area contributed by atoms with Gasteiger partial charge in [0.1, 0.15) is 17.9 Å². The Morgan fingerprint density at radius 3 is 2.58 bits per heavy atom. The second-order valence-corrected chi connectivity index (χ2v) is 6.16. The van der Waals surface area contributed by atoms with Crippen LogP contribution in [0, 0.1) is 13.8 Å². The standard InChI is InChI=1S/C20H19N5O/c1-13-4-5-14(2)18(10-13)24-19-17-11-23-25(20(17)22-12-21-19)15-6-8-16(26-3)9-7-15/h4-12H,1-3H3,(H,21,22,24). The van der Waals surface area contributed by atoms with Gasteiger partial charge in [-0.15, -0.1) is 0 Å². The van der Waals surface area contributed by atoms with Gasteiger partial charge in [0.05, 0.1) is 24.4 Å². The molecule has 1 N–H and O–H groups in total. The Morgan fingerprint density at radius 1 is 1.00 bits per heavy atom. The van der Waals surface area contributed by atoms with Crippen LogP contribution in [-0.4, -0.2) is 26.9 Å². The number of anilines is 2. The highest BCUT2D eigenvalue weighted by molar-refractivity contribution is 5.89. The number of hydrogen-bond donors (Lipinski definition) is 1. The third-order valence-corrected chi connectivity index (χ3v) is 4.33. The number of aryl methyl sites for hydroxylation is 2. The molecule has 0 atom stereocenters. The van der Waals surface area contributed by atoms with Crippen LogP contribution in [-0.2, 0) is 0 Å². The van der Waals surface area contributed by atoms with Crippen molar-refractivity contribution in [2.75, 3.05) is 12.4 Å². The van der Waals surface area contributed by atoms with Gasteiger partial charge in [0.2, 0.25) is 0 Å². The molecule has 0 fully saturated rings. The molecule has 2 aromatic heterocycles. The van der Waals surface area contributed by atoms with E-state index in [1.54, 1.807) is 24.3 Å². The van der Waals surface area contributed by atoms with E-state index in [1.165, 1.54) is 5.56 Å². The van der Waals surface area contributed by atoms with Crippen LogP contribution in [0.1, 0.15) is 11.1 Å². The van der Waals surface area contributed by atoms with Gasteiger partial charge >= 0.3 is 0 Å². The zero-order valence-electron chi connectivity index (χ0n) is 14.9. The van der Waals surface area contributed by atoms with Gasteiger partial charge in [-0.05, 0) is 55.3 Å². The highest BCUT2D eigenvalue weighted by atomic mass is 16.5. The van der Waals surface area contributed by atoms with Crippen LogP contribution in [0.5, 0.6) is 5.75 Å². The van der Waals surface area contributed by atoms with Crippen LogP contribution in [0.15, 0.2) is 55.0 Å².